The molecule has 0 heterocycles. The van der Waals surface area contributed by atoms with E-state index < -0.39 is 17.2 Å². The summed E-state index contributed by atoms with van der Waals surface area (Å²) in [5.74, 6) is -1.96. The van der Waals surface area contributed by atoms with Gasteiger partial charge in [-0.15, -0.1) is 12.4 Å². The quantitative estimate of drug-likeness (QED) is 0.829. The van der Waals surface area contributed by atoms with Gasteiger partial charge in [0.05, 0.1) is 0 Å². The molecule has 0 aromatic heterocycles. The summed E-state index contributed by atoms with van der Waals surface area (Å²) >= 11 is 0. The highest BCUT2D eigenvalue weighted by atomic mass is 35.5. The number of rotatable bonds is 6. The van der Waals surface area contributed by atoms with Crippen molar-refractivity contribution < 1.29 is 13.6 Å². The van der Waals surface area contributed by atoms with Gasteiger partial charge < -0.3 is 11.1 Å². The van der Waals surface area contributed by atoms with Crippen LogP contribution in [-0.2, 0) is 4.79 Å². The maximum atomic E-state index is 13.8. The average molecular weight is 347 g/mol. The highest BCUT2D eigenvalue weighted by Gasteiger charge is 2.46. The number of carbonyl (C=O) groups excluding carboxylic acids is 1. The third-order valence-electron chi connectivity index (χ3n) is 4.24. The van der Waals surface area contributed by atoms with E-state index in [4.69, 9.17) is 5.73 Å². The lowest BCUT2D eigenvalue weighted by Gasteiger charge is -2.31. The molecule has 0 radical (unpaired) electrons. The SMILES string of the molecule is CC(C)CC(C)(CN)NC(=O)C1CC1c1cccc(F)c1F.Cl. The van der Waals surface area contributed by atoms with Gasteiger partial charge in [0, 0.05) is 18.0 Å². The lowest BCUT2D eigenvalue weighted by atomic mass is 9.90. The zero-order chi connectivity index (χ0) is 16.5. The molecule has 0 spiro atoms. The lowest BCUT2D eigenvalue weighted by molar-refractivity contribution is -0.124. The van der Waals surface area contributed by atoms with E-state index in [9.17, 15) is 13.6 Å². The Morgan fingerprint density at radius 2 is 2.09 bits per heavy atom. The maximum Gasteiger partial charge on any atom is 0.224 e. The standard InChI is InChI=1S/C17H24F2N2O.ClH/c1-10(2)8-17(3,9-20)21-16(22)13-7-12(13)11-5-4-6-14(18)15(11)19;/h4-6,10,12-13H,7-9,20H2,1-3H3,(H,21,22);1H. The molecule has 3 atom stereocenters. The zero-order valence-electron chi connectivity index (χ0n) is 13.7. The van der Waals surface area contributed by atoms with Crippen molar-refractivity contribution in [1.82, 2.24) is 5.32 Å². The summed E-state index contributed by atoms with van der Waals surface area (Å²) in [5, 5.41) is 2.99. The summed E-state index contributed by atoms with van der Waals surface area (Å²) in [7, 11) is 0. The van der Waals surface area contributed by atoms with Crippen LogP contribution in [0.3, 0.4) is 0 Å². The van der Waals surface area contributed by atoms with Gasteiger partial charge in [0.25, 0.3) is 0 Å². The molecule has 1 aliphatic rings. The second-order valence-electron chi connectivity index (χ2n) is 6.94. The first kappa shape index (κ1) is 19.8. The van der Waals surface area contributed by atoms with E-state index in [0.717, 1.165) is 12.5 Å². The van der Waals surface area contributed by atoms with Crippen LogP contribution in [-0.4, -0.2) is 18.0 Å². The molecule has 3 unspecified atom stereocenters. The number of carbonyl (C=O) groups is 1. The first-order valence-electron chi connectivity index (χ1n) is 7.73. The van der Waals surface area contributed by atoms with Crippen LogP contribution < -0.4 is 11.1 Å². The largest absolute Gasteiger partial charge is 0.349 e. The van der Waals surface area contributed by atoms with Crippen LogP contribution >= 0.6 is 12.4 Å². The van der Waals surface area contributed by atoms with Crippen LogP contribution in [0.4, 0.5) is 8.78 Å². The van der Waals surface area contributed by atoms with Gasteiger partial charge in [-0.25, -0.2) is 8.78 Å². The Balaban J connectivity index is 0.00000264. The van der Waals surface area contributed by atoms with E-state index in [2.05, 4.69) is 19.2 Å². The van der Waals surface area contributed by atoms with Crippen molar-refractivity contribution in [2.24, 2.45) is 17.6 Å². The Kier molecular flexibility index (Phi) is 6.54. The molecule has 1 aromatic rings. The molecule has 6 heteroatoms. The first-order valence-corrected chi connectivity index (χ1v) is 7.73. The van der Waals surface area contributed by atoms with Crippen molar-refractivity contribution >= 4 is 18.3 Å². The highest BCUT2D eigenvalue weighted by molar-refractivity contribution is 5.85. The predicted octanol–water partition coefficient (Wildman–Crippen LogP) is 3.37. The molecule has 23 heavy (non-hydrogen) atoms. The van der Waals surface area contributed by atoms with Crippen molar-refractivity contribution in [2.45, 2.75) is 45.1 Å². The smallest absolute Gasteiger partial charge is 0.224 e. The van der Waals surface area contributed by atoms with E-state index in [1.54, 1.807) is 6.07 Å². The number of hydrogen-bond donors (Lipinski definition) is 2. The molecule has 3 N–H and O–H groups in total. The summed E-state index contributed by atoms with van der Waals surface area (Å²) in [6, 6.07) is 4.11. The van der Waals surface area contributed by atoms with Crippen molar-refractivity contribution in [3.8, 4) is 0 Å². The van der Waals surface area contributed by atoms with Crippen LogP contribution in [0.1, 0.15) is 45.1 Å². The first-order chi connectivity index (χ1) is 10.3. The van der Waals surface area contributed by atoms with Crippen LogP contribution in [0.15, 0.2) is 18.2 Å². The fourth-order valence-corrected chi connectivity index (χ4v) is 3.11. The normalized spacial score (nSPS) is 22.2. The number of nitrogens with two attached hydrogens (primary N) is 1. The minimum atomic E-state index is -0.866. The van der Waals surface area contributed by atoms with Gasteiger partial charge in [0.15, 0.2) is 11.6 Å². The lowest BCUT2D eigenvalue weighted by Crippen LogP contribution is -2.52. The monoisotopic (exact) mass is 346 g/mol. The molecule has 0 bridgehead atoms. The summed E-state index contributed by atoms with van der Waals surface area (Å²) in [4.78, 5) is 12.4. The van der Waals surface area contributed by atoms with Gasteiger partial charge in [0.2, 0.25) is 5.91 Å². The predicted molar refractivity (Wildman–Crippen MR) is 89.5 cm³/mol. The molecule has 2 rings (SSSR count). The van der Waals surface area contributed by atoms with E-state index in [0.29, 0.717) is 24.4 Å². The Morgan fingerprint density at radius 1 is 1.43 bits per heavy atom. The molecule has 1 amide bonds. The summed E-state index contributed by atoms with van der Waals surface area (Å²) in [6.07, 6.45) is 1.33. The van der Waals surface area contributed by atoms with E-state index in [-0.39, 0.29) is 30.2 Å². The third-order valence-corrected chi connectivity index (χ3v) is 4.24. The molecule has 130 valence electrons. The number of amides is 1. The second kappa shape index (κ2) is 7.58. The van der Waals surface area contributed by atoms with Gasteiger partial charge in [-0.1, -0.05) is 26.0 Å². The maximum absolute atomic E-state index is 13.8. The summed E-state index contributed by atoms with van der Waals surface area (Å²) in [6.45, 7) is 6.41. The Bertz CT molecular complexity index is 568. The van der Waals surface area contributed by atoms with Gasteiger partial charge in [-0.05, 0) is 43.2 Å². The average Bonchev–Trinajstić information content (AvgIpc) is 3.21. The van der Waals surface area contributed by atoms with Crippen LogP contribution in [0.5, 0.6) is 0 Å². The molecule has 1 aromatic carbocycles. The minimum Gasteiger partial charge on any atom is -0.349 e. The Morgan fingerprint density at radius 3 is 2.65 bits per heavy atom. The molecule has 3 nitrogen and oxygen atoms in total. The molecular formula is C17H25ClF2N2O. The molecule has 1 aliphatic carbocycles. The minimum absolute atomic E-state index is 0. The molecule has 0 saturated heterocycles. The van der Waals surface area contributed by atoms with Crippen molar-refractivity contribution in [3.05, 3.63) is 35.4 Å². The Labute approximate surface area is 142 Å². The number of hydrogen-bond acceptors (Lipinski definition) is 2. The second-order valence-corrected chi connectivity index (χ2v) is 6.94. The molecule has 1 saturated carbocycles. The molecule has 0 aliphatic heterocycles. The fraction of sp³-hybridized carbons (Fsp3) is 0.588. The zero-order valence-corrected chi connectivity index (χ0v) is 14.6. The fourth-order valence-electron chi connectivity index (χ4n) is 3.11. The summed E-state index contributed by atoms with van der Waals surface area (Å²) < 4.78 is 27.1. The van der Waals surface area contributed by atoms with Crippen molar-refractivity contribution in [1.29, 1.82) is 0 Å². The summed E-state index contributed by atoms with van der Waals surface area (Å²) in [5.41, 5.74) is 5.62. The highest BCUT2D eigenvalue weighted by Crippen LogP contribution is 2.48. The number of nitrogens with one attached hydrogen (secondary N) is 1. The van der Waals surface area contributed by atoms with Gasteiger partial charge in [-0.2, -0.15) is 0 Å². The van der Waals surface area contributed by atoms with E-state index in [1.165, 1.54) is 6.07 Å². The number of benzene rings is 1. The van der Waals surface area contributed by atoms with Crippen molar-refractivity contribution in [3.63, 3.8) is 0 Å². The van der Waals surface area contributed by atoms with Crippen LogP contribution in [0, 0.1) is 23.5 Å². The third kappa shape index (κ3) is 4.64. The molecule has 1 fully saturated rings. The van der Waals surface area contributed by atoms with Gasteiger partial charge in [-0.3, -0.25) is 4.79 Å². The van der Waals surface area contributed by atoms with Crippen LogP contribution in [0.2, 0.25) is 0 Å². The van der Waals surface area contributed by atoms with E-state index >= 15 is 0 Å². The number of halogens is 3. The topological polar surface area (TPSA) is 55.1 Å². The van der Waals surface area contributed by atoms with Gasteiger partial charge in [0.1, 0.15) is 0 Å². The van der Waals surface area contributed by atoms with Crippen molar-refractivity contribution in [2.75, 3.05) is 6.54 Å². The van der Waals surface area contributed by atoms with Gasteiger partial charge >= 0.3 is 0 Å². The Hall–Kier alpha value is -1.20. The van der Waals surface area contributed by atoms with Crippen LogP contribution in [0.25, 0.3) is 0 Å². The molecular weight excluding hydrogens is 322 g/mol. The van der Waals surface area contributed by atoms with E-state index in [1.807, 2.05) is 6.92 Å².